The number of amides is 1. The summed E-state index contributed by atoms with van der Waals surface area (Å²) in [6.07, 6.45) is 4.50. The average molecular weight is 290 g/mol. The second-order valence-corrected chi connectivity index (χ2v) is 7.32. The third-order valence-electron chi connectivity index (χ3n) is 3.82. The minimum atomic E-state index is -3.31. The summed E-state index contributed by atoms with van der Waals surface area (Å²) >= 11 is 0. The summed E-state index contributed by atoms with van der Waals surface area (Å²) in [6, 6.07) is -0.629. The number of carbonyl (C=O) groups excluding carboxylic acids is 1. The Balaban J connectivity index is 1.95. The van der Waals surface area contributed by atoms with Gasteiger partial charge in [-0.2, -0.15) is 4.31 Å². The maximum atomic E-state index is 12.2. The van der Waals surface area contributed by atoms with E-state index >= 15 is 0 Å². The van der Waals surface area contributed by atoms with Gasteiger partial charge in [-0.05, 0) is 32.6 Å². The van der Waals surface area contributed by atoms with Crippen LogP contribution in [0.5, 0.6) is 0 Å². The van der Waals surface area contributed by atoms with Crippen molar-refractivity contribution in [2.24, 2.45) is 0 Å². The third-order valence-corrected chi connectivity index (χ3v) is 5.11. The van der Waals surface area contributed by atoms with E-state index in [2.05, 4.69) is 5.32 Å². The van der Waals surface area contributed by atoms with Gasteiger partial charge < -0.3 is 10.1 Å². The molecule has 1 N–H and O–H groups in total. The molecule has 6 nitrogen and oxygen atoms in total. The molecule has 0 spiro atoms. The molecule has 2 rings (SSSR count). The van der Waals surface area contributed by atoms with E-state index in [0.717, 1.165) is 32.1 Å². The van der Waals surface area contributed by atoms with Gasteiger partial charge in [-0.25, -0.2) is 8.42 Å². The highest BCUT2D eigenvalue weighted by molar-refractivity contribution is 7.88. The molecule has 0 saturated carbocycles. The summed E-state index contributed by atoms with van der Waals surface area (Å²) in [5.74, 6) is -0.203. The lowest BCUT2D eigenvalue weighted by Crippen LogP contribution is -2.50. The first-order valence-electron chi connectivity index (χ1n) is 6.78. The molecule has 0 aromatic heterocycles. The molecule has 0 aliphatic carbocycles. The maximum Gasteiger partial charge on any atom is 0.238 e. The van der Waals surface area contributed by atoms with Crippen molar-refractivity contribution >= 4 is 15.9 Å². The fourth-order valence-electron chi connectivity index (χ4n) is 2.81. The fourth-order valence-corrected chi connectivity index (χ4v) is 3.93. The number of sulfonamides is 1. The molecule has 0 radical (unpaired) electrons. The summed E-state index contributed by atoms with van der Waals surface area (Å²) in [6.45, 7) is 3.09. The maximum absolute atomic E-state index is 12.2. The van der Waals surface area contributed by atoms with Gasteiger partial charge in [-0.15, -0.1) is 0 Å². The van der Waals surface area contributed by atoms with Gasteiger partial charge in [0.1, 0.15) is 6.04 Å². The Kier molecular flexibility index (Phi) is 4.47. The monoisotopic (exact) mass is 290 g/mol. The SMILES string of the molecule is C[C@H](NC(=O)[C@H]1CCCN1S(C)(=O)=O)[C@@H]1CCCO1. The molecule has 1 amide bonds. The van der Waals surface area contributed by atoms with Crippen molar-refractivity contribution in [3.8, 4) is 0 Å². The first kappa shape index (κ1) is 14.7. The zero-order valence-corrected chi connectivity index (χ0v) is 12.3. The number of nitrogens with zero attached hydrogens (tertiary/aromatic N) is 1. The van der Waals surface area contributed by atoms with Gasteiger partial charge in [0.05, 0.1) is 18.4 Å². The zero-order chi connectivity index (χ0) is 14.0. The molecule has 0 aromatic rings. The summed E-state index contributed by atoms with van der Waals surface area (Å²) in [7, 11) is -3.31. The summed E-state index contributed by atoms with van der Waals surface area (Å²) in [5.41, 5.74) is 0. The minimum Gasteiger partial charge on any atom is -0.376 e. The minimum absolute atomic E-state index is 0.0528. The number of nitrogens with one attached hydrogen (secondary N) is 1. The predicted octanol–water partition coefficient (Wildman–Crippen LogP) is 0.0941. The molecule has 19 heavy (non-hydrogen) atoms. The lowest BCUT2D eigenvalue weighted by atomic mass is 10.1. The van der Waals surface area contributed by atoms with E-state index in [1.54, 1.807) is 0 Å². The molecule has 3 atom stereocenters. The van der Waals surface area contributed by atoms with Crippen LogP contribution in [0.25, 0.3) is 0 Å². The van der Waals surface area contributed by atoms with Crippen molar-refractivity contribution in [3.63, 3.8) is 0 Å². The Morgan fingerprint density at radius 1 is 1.37 bits per heavy atom. The highest BCUT2D eigenvalue weighted by Gasteiger charge is 2.37. The third kappa shape index (κ3) is 3.46. The summed E-state index contributed by atoms with van der Waals surface area (Å²) < 4.78 is 30.0. The van der Waals surface area contributed by atoms with Crippen LogP contribution in [0.2, 0.25) is 0 Å². The van der Waals surface area contributed by atoms with Crippen molar-refractivity contribution < 1.29 is 17.9 Å². The van der Waals surface area contributed by atoms with E-state index < -0.39 is 16.1 Å². The van der Waals surface area contributed by atoms with E-state index in [9.17, 15) is 13.2 Å². The predicted molar refractivity (Wildman–Crippen MR) is 71.2 cm³/mol. The molecular weight excluding hydrogens is 268 g/mol. The van der Waals surface area contributed by atoms with Crippen molar-refractivity contribution in [2.75, 3.05) is 19.4 Å². The number of ether oxygens (including phenoxy) is 1. The van der Waals surface area contributed by atoms with E-state index in [-0.39, 0.29) is 18.1 Å². The quantitative estimate of drug-likeness (QED) is 0.796. The van der Waals surface area contributed by atoms with Gasteiger partial charge in [0, 0.05) is 13.2 Å². The number of hydrogen-bond donors (Lipinski definition) is 1. The van der Waals surface area contributed by atoms with Gasteiger partial charge >= 0.3 is 0 Å². The van der Waals surface area contributed by atoms with Crippen LogP contribution >= 0.6 is 0 Å². The van der Waals surface area contributed by atoms with Gasteiger partial charge in [0.25, 0.3) is 0 Å². The van der Waals surface area contributed by atoms with Crippen LogP contribution in [0.15, 0.2) is 0 Å². The van der Waals surface area contributed by atoms with Gasteiger partial charge in [0.2, 0.25) is 15.9 Å². The topological polar surface area (TPSA) is 75.7 Å². The molecular formula is C12H22N2O4S. The molecule has 2 aliphatic heterocycles. The first-order chi connectivity index (χ1) is 8.89. The Morgan fingerprint density at radius 2 is 2.11 bits per heavy atom. The van der Waals surface area contributed by atoms with E-state index in [1.165, 1.54) is 4.31 Å². The average Bonchev–Trinajstić information content (AvgIpc) is 2.99. The Hall–Kier alpha value is -0.660. The van der Waals surface area contributed by atoms with E-state index in [1.807, 2.05) is 6.92 Å². The molecule has 2 aliphatic rings. The smallest absolute Gasteiger partial charge is 0.238 e. The Labute approximate surface area is 114 Å². The Bertz CT molecular complexity index is 431. The van der Waals surface area contributed by atoms with Crippen LogP contribution in [-0.2, 0) is 19.6 Å². The molecule has 7 heteroatoms. The van der Waals surface area contributed by atoms with Crippen molar-refractivity contribution in [2.45, 2.75) is 50.8 Å². The van der Waals surface area contributed by atoms with Crippen molar-refractivity contribution in [1.82, 2.24) is 9.62 Å². The fraction of sp³-hybridized carbons (Fsp3) is 0.917. The van der Waals surface area contributed by atoms with Crippen LogP contribution in [0, 0.1) is 0 Å². The molecule has 110 valence electrons. The van der Waals surface area contributed by atoms with Crippen LogP contribution < -0.4 is 5.32 Å². The van der Waals surface area contributed by atoms with Gasteiger partial charge in [0.15, 0.2) is 0 Å². The van der Waals surface area contributed by atoms with Crippen molar-refractivity contribution in [3.05, 3.63) is 0 Å². The van der Waals surface area contributed by atoms with Crippen LogP contribution in [-0.4, -0.2) is 56.2 Å². The first-order valence-corrected chi connectivity index (χ1v) is 8.63. The molecule has 0 unspecified atom stereocenters. The van der Waals surface area contributed by atoms with E-state index in [0.29, 0.717) is 13.0 Å². The highest BCUT2D eigenvalue weighted by atomic mass is 32.2. The van der Waals surface area contributed by atoms with Crippen LogP contribution in [0.1, 0.15) is 32.6 Å². The van der Waals surface area contributed by atoms with E-state index in [4.69, 9.17) is 4.74 Å². The Morgan fingerprint density at radius 3 is 2.68 bits per heavy atom. The number of hydrogen-bond acceptors (Lipinski definition) is 4. The molecule has 2 fully saturated rings. The van der Waals surface area contributed by atoms with Crippen LogP contribution in [0.4, 0.5) is 0 Å². The van der Waals surface area contributed by atoms with Gasteiger partial charge in [-0.1, -0.05) is 0 Å². The zero-order valence-electron chi connectivity index (χ0n) is 11.5. The number of carbonyl (C=O) groups is 1. The second-order valence-electron chi connectivity index (χ2n) is 5.38. The molecule has 0 aromatic carbocycles. The van der Waals surface area contributed by atoms with Crippen molar-refractivity contribution in [1.29, 1.82) is 0 Å². The van der Waals surface area contributed by atoms with Gasteiger partial charge in [-0.3, -0.25) is 4.79 Å². The lowest BCUT2D eigenvalue weighted by Gasteiger charge is -2.25. The normalized spacial score (nSPS) is 30.4. The lowest BCUT2D eigenvalue weighted by molar-refractivity contribution is -0.125. The highest BCUT2D eigenvalue weighted by Crippen LogP contribution is 2.21. The largest absolute Gasteiger partial charge is 0.376 e. The second kappa shape index (κ2) is 5.76. The molecule has 0 bridgehead atoms. The summed E-state index contributed by atoms with van der Waals surface area (Å²) in [5, 5.41) is 2.90. The summed E-state index contributed by atoms with van der Waals surface area (Å²) in [4.78, 5) is 12.2. The molecule has 2 heterocycles. The standard InChI is InChI=1S/C12H22N2O4S/c1-9(11-6-4-8-18-11)13-12(15)10-5-3-7-14(10)19(2,16)17/h9-11H,3-8H2,1-2H3,(H,13,15)/t9-,10+,11-/m0/s1. The number of rotatable bonds is 4. The molecule has 2 saturated heterocycles. The van der Waals surface area contributed by atoms with Crippen LogP contribution in [0.3, 0.4) is 0 Å².